The molecular formula is C18H19NO2. The van der Waals surface area contributed by atoms with E-state index in [0.717, 1.165) is 17.4 Å². The molecule has 0 saturated heterocycles. The molecule has 21 heavy (non-hydrogen) atoms. The van der Waals surface area contributed by atoms with E-state index >= 15 is 0 Å². The third-order valence-corrected chi connectivity index (χ3v) is 3.26. The van der Waals surface area contributed by atoms with Crippen LogP contribution in [0.15, 0.2) is 60.7 Å². The Morgan fingerprint density at radius 2 is 1.33 bits per heavy atom. The van der Waals surface area contributed by atoms with Crippen molar-refractivity contribution in [3.8, 4) is 0 Å². The van der Waals surface area contributed by atoms with Gasteiger partial charge in [-0.05, 0) is 11.1 Å². The van der Waals surface area contributed by atoms with Crippen molar-refractivity contribution in [2.45, 2.75) is 25.9 Å². The standard InChI is InChI=1S/C18H19NO2/c20-13-7-12-18(21)19(14-16-8-3-1-4-9-16)15-17-10-5-2-6-11-17/h1-6,8-11,13H,7,12,14-15H2. The van der Waals surface area contributed by atoms with Crippen molar-refractivity contribution in [3.63, 3.8) is 0 Å². The van der Waals surface area contributed by atoms with E-state index in [2.05, 4.69) is 0 Å². The van der Waals surface area contributed by atoms with Gasteiger partial charge in [-0.2, -0.15) is 0 Å². The molecule has 0 radical (unpaired) electrons. The van der Waals surface area contributed by atoms with Crippen LogP contribution in [0.5, 0.6) is 0 Å². The number of aldehydes is 1. The third kappa shape index (κ3) is 4.88. The molecule has 2 rings (SSSR count). The molecule has 0 fully saturated rings. The lowest BCUT2D eigenvalue weighted by atomic mass is 10.1. The topological polar surface area (TPSA) is 37.4 Å². The first-order chi connectivity index (χ1) is 10.3. The molecule has 2 aromatic rings. The quantitative estimate of drug-likeness (QED) is 0.731. The first kappa shape index (κ1) is 15.0. The highest BCUT2D eigenvalue weighted by Crippen LogP contribution is 2.12. The average molecular weight is 281 g/mol. The van der Waals surface area contributed by atoms with Crippen molar-refractivity contribution in [1.29, 1.82) is 0 Å². The smallest absolute Gasteiger partial charge is 0.223 e. The summed E-state index contributed by atoms with van der Waals surface area (Å²) in [5, 5.41) is 0. The van der Waals surface area contributed by atoms with Crippen molar-refractivity contribution in [3.05, 3.63) is 71.8 Å². The van der Waals surface area contributed by atoms with E-state index in [1.807, 2.05) is 60.7 Å². The molecule has 0 atom stereocenters. The summed E-state index contributed by atoms with van der Waals surface area (Å²) in [5.74, 6) is 0.00908. The van der Waals surface area contributed by atoms with Crippen molar-refractivity contribution >= 4 is 12.2 Å². The second-order valence-corrected chi connectivity index (χ2v) is 4.93. The van der Waals surface area contributed by atoms with Crippen LogP contribution >= 0.6 is 0 Å². The molecular weight excluding hydrogens is 262 g/mol. The van der Waals surface area contributed by atoms with Gasteiger partial charge in [0.15, 0.2) is 0 Å². The van der Waals surface area contributed by atoms with Crippen LogP contribution in [0.2, 0.25) is 0 Å². The molecule has 0 heterocycles. The molecule has 0 N–H and O–H groups in total. The van der Waals surface area contributed by atoms with Gasteiger partial charge in [-0.3, -0.25) is 4.79 Å². The minimum atomic E-state index is 0.00908. The van der Waals surface area contributed by atoms with Gasteiger partial charge in [0.2, 0.25) is 5.91 Å². The van der Waals surface area contributed by atoms with Gasteiger partial charge in [0.25, 0.3) is 0 Å². The van der Waals surface area contributed by atoms with Crippen LogP contribution in [0.3, 0.4) is 0 Å². The maximum Gasteiger partial charge on any atom is 0.223 e. The zero-order valence-corrected chi connectivity index (χ0v) is 11.9. The van der Waals surface area contributed by atoms with Crippen molar-refractivity contribution < 1.29 is 9.59 Å². The molecule has 0 aliphatic carbocycles. The number of hydrogen-bond acceptors (Lipinski definition) is 2. The van der Waals surface area contributed by atoms with Crippen molar-refractivity contribution in [2.75, 3.05) is 0 Å². The zero-order chi connectivity index (χ0) is 14.9. The zero-order valence-electron chi connectivity index (χ0n) is 11.9. The first-order valence-electron chi connectivity index (χ1n) is 7.09. The summed E-state index contributed by atoms with van der Waals surface area (Å²) in [6.07, 6.45) is 1.34. The van der Waals surface area contributed by atoms with Gasteiger partial charge < -0.3 is 9.69 Å². The Kier molecular flexibility index (Phi) is 5.71. The number of carbonyl (C=O) groups excluding carboxylic acids is 2. The monoisotopic (exact) mass is 281 g/mol. The Hall–Kier alpha value is -2.42. The van der Waals surface area contributed by atoms with Gasteiger partial charge in [-0.1, -0.05) is 60.7 Å². The van der Waals surface area contributed by atoms with Gasteiger partial charge in [0.05, 0.1) is 0 Å². The second kappa shape index (κ2) is 8.00. The second-order valence-electron chi connectivity index (χ2n) is 4.93. The van der Waals surface area contributed by atoms with Gasteiger partial charge >= 0.3 is 0 Å². The van der Waals surface area contributed by atoms with E-state index < -0.39 is 0 Å². The Balaban J connectivity index is 2.09. The summed E-state index contributed by atoms with van der Waals surface area (Å²) in [6, 6.07) is 19.8. The summed E-state index contributed by atoms with van der Waals surface area (Å²) in [6.45, 7) is 1.13. The summed E-state index contributed by atoms with van der Waals surface area (Å²) in [7, 11) is 0. The largest absolute Gasteiger partial charge is 0.334 e. The van der Waals surface area contributed by atoms with Crippen LogP contribution in [0.1, 0.15) is 24.0 Å². The fraction of sp³-hybridized carbons (Fsp3) is 0.222. The summed E-state index contributed by atoms with van der Waals surface area (Å²) in [5.41, 5.74) is 2.18. The third-order valence-electron chi connectivity index (χ3n) is 3.26. The molecule has 0 unspecified atom stereocenters. The molecule has 0 aliphatic rings. The minimum absolute atomic E-state index is 0.00908. The number of amides is 1. The highest BCUT2D eigenvalue weighted by atomic mass is 16.2. The van der Waals surface area contributed by atoms with Gasteiger partial charge in [0, 0.05) is 25.9 Å². The van der Waals surface area contributed by atoms with Crippen LogP contribution in [0.4, 0.5) is 0 Å². The average Bonchev–Trinajstić information content (AvgIpc) is 2.54. The molecule has 0 aromatic heterocycles. The Morgan fingerprint density at radius 1 is 0.857 bits per heavy atom. The summed E-state index contributed by atoms with van der Waals surface area (Å²) >= 11 is 0. The number of rotatable bonds is 7. The van der Waals surface area contributed by atoms with E-state index in [-0.39, 0.29) is 18.7 Å². The molecule has 0 saturated carbocycles. The fourth-order valence-electron chi connectivity index (χ4n) is 2.18. The Labute approximate surface area is 125 Å². The molecule has 3 heteroatoms. The van der Waals surface area contributed by atoms with Crippen LogP contribution in [-0.4, -0.2) is 17.1 Å². The van der Waals surface area contributed by atoms with Crippen LogP contribution in [0, 0.1) is 0 Å². The fourth-order valence-corrected chi connectivity index (χ4v) is 2.18. The van der Waals surface area contributed by atoms with E-state index in [1.54, 1.807) is 4.90 Å². The van der Waals surface area contributed by atoms with Crippen LogP contribution < -0.4 is 0 Å². The predicted octanol–water partition coefficient (Wildman–Crippen LogP) is 3.19. The molecule has 108 valence electrons. The number of carbonyl (C=O) groups is 2. The number of benzene rings is 2. The highest BCUT2D eigenvalue weighted by Gasteiger charge is 2.14. The molecule has 2 aromatic carbocycles. The van der Waals surface area contributed by atoms with Crippen molar-refractivity contribution in [1.82, 2.24) is 4.90 Å². The van der Waals surface area contributed by atoms with E-state index in [9.17, 15) is 9.59 Å². The van der Waals surface area contributed by atoms with E-state index in [4.69, 9.17) is 0 Å². The molecule has 0 bridgehead atoms. The minimum Gasteiger partial charge on any atom is -0.334 e. The molecule has 0 aliphatic heterocycles. The number of nitrogens with zero attached hydrogens (tertiary/aromatic N) is 1. The van der Waals surface area contributed by atoms with Crippen LogP contribution in [0.25, 0.3) is 0 Å². The molecule has 1 amide bonds. The van der Waals surface area contributed by atoms with Gasteiger partial charge in [0.1, 0.15) is 6.29 Å². The maximum atomic E-state index is 12.3. The lowest BCUT2D eigenvalue weighted by Crippen LogP contribution is -2.30. The van der Waals surface area contributed by atoms with E-state index in [0.29, 0.717) is 13.1 Å². The summed E-state index contributed by atoms with van der Waals surface area (Å²) in [4.78, 5) is 24.6. The van der Waals surface area contributed by atoms with Gasteiger partial charge in [-0.15, -0.1) is 0 Å². The maximum absolute atomic E-state index is 12.3. The normalized spacial score (nSPS) is 10.1. The Bertz CT molecular complexity index is 525. The SMILES string of the molecule is O=CCCC(=O)N(Cc1ccccc1)Cc1ccccc1. The highest BCUT2D eigenvalue weighted by molar-refractivity contribution is 5.78. The van der Waals surface area contributed by atoms with Crippen molar-refractivity contribution in [2.24, 2.45) is 0 Å². The molecule has 3 nitrogen and oxygen atoms in total. The molecule has 0 spiro atoms. The lowest BCUT2D eigenvalue weighted by Gasteiger charge is -2.23. The first-order valence-corrected chi connectivity index (χ1v) is 7.09. The lowest BCUT2D eigenvalue weighted by molar-refractivity contribution is -0.133. The number of hydrogen-bond donors (Lipinski definition) is 0. The van der Waals surface area contributed by atoms with Crippen LogP contribution in [-0.2, 0) is 22.7 Å². The van der Waals surface area contributed by atoms with E-state index in [1.165, 1.54) is 0 Å². The van der Waals surface area contributed by atoms with Gasteiger partial charge in [-0.25, -0.2) is 0 Å². The Morgan fingerprint density at radius 3 is 1.76 bits per heavy atom. The summed E-state index contributed by atoms with van der Waals surface area (Å²) < 4.78 is 0. The predicted molar refractivity (Wildman–Crippen MR) is 82.4 cm³/mol.